The first kappa shape index (κ1) is 28.3. The van der Waals surface area contributed by atoms with Crippen molar-refractivity contribution < 1.29 is 19.4 Å². The summed E-state index contributed by atoms with van der Waals surface area (Å²) in [5.41, 5.74) is 4.22. The summed E-state index contributed by atoms with van der Waals surface area (Å²) in [6.45, 7) is 10.6. The summed E-state index contributed by atoms with van der Waals surface area (Å²) in [6, 6.07) is 15.5. The van der Waals surface area contributed by atoms with E-state index in [1.165, 1.54) is 6.08 Å². The van der Waals surface area contributed by atoms with Crippen LogP contribution in [0.5, 0.6) is 17.4 Å². The smallest absolute Gasteiger partial charge is 0.247 e. The number of nitrogens with one attached hydrogen (secondary N) is 2. The normalized spacial score (nSPS) is 17.3. The molecule has 0 spiro atoms. The van der Waals surface area contributed by atoms with Crippen LogP contribution in [-0.2, 0) is 4.79 Å². The number of carbonyl (C=O) groups is 1. The van der Waals surface area contributed by atoms with E-state index in [1.54, 1.807) is 13.2 Å². The van der Waals surface area contributed by atoms with Crippen molar-refractivity contribution in [2.75, 3.05) is 73.9 Å². The highest BCUT2D eigenvalue weighted by Crippen LogP contribution is 2.37. The third kappa shape index (κ3) is 6.72. The average molecular weight is 559 g/mol. The predicted molar refractivity (Wildman–Crippen MR) is 163 cm³/mol. The van der Waals surface area contributed by atoms with Crippen molar-refractivity contribution in [1.29, 1.82) is 0 Å². The Bertz CT molecular complexity index is 1410. The molecule has 2 aromatic carbocycles. The van der Waals surface area contributed by atoms with Crippen LogP contribution < -0.4 is 29.9 Å². The van der Waals surface area contributed by atoms with E-state index in [-0.39, 0.29) is 5.91 Å². The van der Waals surface area contributed by atoms with Crippen LogP contribution in [0.25, 0.3) is 0 Å². The monoisotopic (exact) mass is 558 g/mol. The molecule has 1 atom stereocenters. The van der Waals surface area contributed by atoms with E-state index in [2.05, 4.69) is 51.1 Å². The lowest BCUT2D eigenvalue weighted by Gasteiger charge is -2.34. The van der Waals surface area contributed by atoms with Gasteiger partial charge in [-0.15, -0.1) is 0 Å². The molecule has 2 fully saturated rings. The maximum absolute atomic E-state index is 11.9. The van der Waals surface area contributed by atoms with Gasteiger partial charge in [-0.25, -0.2) is 0 Å². The van der Waals surface area contributed by atoms with Gasteiger partial charge >= 0.3 is 0 Å². The zero-order valence-electron chi connectivity index (χ0n) is 23.9. The Kier molecular flexibility index (Phi) is 8.61. The molecule has 41 heavy (non-hydrogen) atoms. The molecule has 2 saturated heterocycles. The lowest BCUT2D eigenvalue weighted by molar-refractivity contribution is -0.111. The standard InChI is InChI=1S/C31H38N6O4/c1-5-30(39)33-26-19-24(8-6-21(26)2)41-31-27(37-13-12-23(38)20-37)10-11-29(34-31)32-25-9-7-22(18-28(25)40-4)36-16-14-35(3)15-17-36/h5-11,18-19,23,38H,1,12-17,20H2,2-4H3,(H,32,34)(H,33,39). The molecule has 3 N–H and O–H groups in total. The Morgan fingerprint density at radius 2 is 1.85 bits per heavy atom. The number of rotatable bonds is 9. The number of aryl methyl sites for hydroxylation is 1. The third-order valence-electron chi connectivity index (χ3n) is 7.53. The molecule has 3 aromatic rings. The number of aliphatic hydroxyl groups is 1. The first-order valence-electron chi connectivity index (χ1n) is 13.9. The quantitative estimate of drug-likeness (QED) is 0.330. The minimum Gasteiger partial charge on any atom is -0.494 e. The predicted octanol–water partition coefficient (Wildman–Crippen LogP) is 4.38. The van der Waals surface area contributed by atoms with Crippen LogP contribution in [0.3, 0.4) is 0 Å². The number of benzene rings is 2. The molecule has 10 nitrogen and oxygen atoms in total. The SMILES string of the molecule is C=CC(=O)Nc1cc(Oc2nc(Nc3ccc(N4CCN(C)CC4)cc3OC)ccc2N2CCC(O)C2)ccc1C. The maximum Gasteiger partial charge on any atom is 0.247 e. The third-order valence-corrected chi connectivity index (χ3v) is 7.53. The van der Waals surface area contributed by atoms with Crippen LogP contribution in [0.15, 0.2) is 61.2 Å². The van der Waals surface area contributed by atoms with Crippen molar-refractivity contribution in [2.24, 2.45) is 0 Å². The molecule has 1 unspecified atom stereocenters. The van der Waals surface area contributed by atoms with Crippen molar-refractivity contribution in [3.8, 4) is 17.4 Å². The zero-order valence-corrected chi connectivity index (χ0v) is 23.9. The largest absolute Gasteiger partial charge is 0.494 e. The molecule has 10 heteroatoms. The molecular formula is C31H38N6O4. The second-order valence-electron chi connectivity index (χ2n) is 10.5. The average Bonchev–Trinajstić information content (AvgIpc) is 3.41. The molecule has 5 rings (SSSR count). The molecule has 2 aliphatic rings. The Morgan fingerprint density at radius 1 is 1.05 bits per heavy atom. The van der Waals surface area contributed by atoms with Crippen molar-refractivity contribution in [1.82, 2.24) is 9.88 Å². The fraction of sp³-hybridized carbons (Fsp3) is 0.355. The fourth-order valence-electron chi connectivity index (χ4n) is 5.06. The number of aliphatic hydroxyl groups excluding tert-OH is 1. The lowest BCUT2D eigenvalue weighted by atomic mass is 10.2. The van der Waals surface area contributed by atoms with Gasteiger partial charge in [0, 0.05) is 62.8 Å². The summed E-state index contributed by atoms with van der Waals surface area (Å²) < 4.78 is 12.1. The van der Waals surface area contributed by atoms with E-state index < -0.39 is 6.10 Å². The molecule has 2 aliphatic heterocycles. The highest BCUT2D eigenvalue weighted by atomic mass is 16.5. The lowest BCUT2D eigenvalue weighted by Crippen LogP contribution is -2.44. The molecule has 3 heterocycles. The van der Waals surface area contributed by atoms with E-state index >= 15 is 0 Å². The van der Waals surface area contributed by atoms with Gasteiger partial charge in [0.2, 0.25) is 11.8 Å². The summed E-state index contributed by atoms with van der Waals surface area (Å²) in [5, 5.41) is 16.4. The Morgan fingerprint density at radius 3 is 2.56 bits per heavy atom. The first-order valence-corrected chi connectivity index (χ1v) is 13.9. The molecule has 0 radical (unpaired) electrons. The van der Waals surface area contributed by atoms with Crippen molar-refractivity contribution in [3.63, 3.8) is 0 Å². The number of likely N-dealkylation sites (N-methyl/N-ethyl adjacent to an activating group) is 1. The number of piperazine rings is 1. The highest BCUT2D eigenvalue weighted by molar-refractivity contribution is 5.99. The van der Waals surface area contributed by atoms with Gasteiger partial charge in [0.1, 0.15) is 23.0 Å². The topological polar surface area (TPSA) is 102 Å². The molecule has 1 amide bonds. The van der Waals surface area contributed by atoms with Gasteiger partial charge in [0.25, 0.3) is 0 Å². The van der Waals surface area contributed by atoms with Gasteiger partial charge in [0.15, 0.2) is 0 Å². The van der Waals surface area contributed by atoms with E-state index in [0.29, 0.717) is 42.6 Å². The number of aromatic nitrogens is 1. The van der Waals surface area contributed by atoms with Gasteiger partial charge in [-0.3, -0.25) is 4.79 Å². The second-order valence-corrected chi connectivity index (χ2v) is 10.5. The van der Waals surface area contributed by atoms with Crippen molar-refractivity contribution in [2.45, 2.75) is 19.4 Å². The van der Waals surface area contributed by atoms with Crippen LogP contribution in [0.1, 0.15) is 12.0 Å². The molecule has 0 saturated carbocycles. The number of hydrogen-bond acceptors (Lipinski definition) is 9. The minimum absolute atomic E-state index is 0.297. The Labute approximate surface area is 241 Å². The summed E-state index contributed by atoms with van der Waals surface area (Å²) in [6.07, 6.45) is 1.51. The van der Waals surface area contributed by atoms with Gasteiger partial charge in [-0.1, -0.05) is 12.6 Å². The summed E-state index contributed by atoms with van der Waals surface area (Å²) >= 11 is 0. The number of anilines is 5. The van der Waals surface area contributed by atoms with Crippen molar-refractivity contribution >= 4 is 34.5 Å². The number of pyridine rings is 1. The van der Waals surface area contributed by atoms with Crippen molar-refractivity contribution in [3.05, 3.63) is 66.7 Å². The Balaban J connectivity index is 1.42. The van der Waals surface area contributed by atoms with Crippen LogP contribution in [0.2, 0.25) is 0 Å². The number of ether oxygens (including phenoxy) is 2. The summed E-state index contributed by atoms with van der Waals surface area (Å²) in [7, 11) is 3.81. The maximum atomic E-state index is 11.9. The van der Waals surface area contributed by atoms with Crippen LogP contribution in [0.4, 0.5) is 28.6 Å². The van der Waals surface area contributed by atoms with E-state index in [9.17, 15) is 9.90 Å². The van der Waals surface area contributed by atoms with Gasteiger partial charge < -0.3 is 39.9 Å². The van der Waals surface area contributed by atoms with E-state index in [0.717, 1.165) is 54.6 Å². The fourth-order valence-corrected chi connectivity index (χ4v) is 5.06. The molecule has 0 bridgehead atoms. The summed E-state index contributed by atoms with van der Waals surface area (Å²) in [5.74, 6) is 1.92. The number of hydrogen-bond donors (Lipinski definition) is 3. The van der Waals surface area contributed by atoms with Crippen LogP contribution in [-0.4, -0.2) is 80.4 Å². The highest BCUT2D eigenvalue weighted by Gasteiger charge is 2.25. The van der Waals surface area contributed by atoms with E-state index in [1.807, 2.05) is 37.3 Å². The molecular weight excluding hydrogens is 520 g/mol. The van der Waals surface area contributed by atoms with Crippen LogP contribution in [0, 0.1) is 6.92 Å². The number of nitrogens with zero attached hydrogens (tertiary/aromatic N) is 4. The zero-order chi connectivity index (χ0) is 28.9. The number of β-amino-alcohol motifs (C(OH)–C–C–N with tert-alkyl or cyclic N) is 1. The minimum atomic E-state index is -0.399. The number of methoxy groups -OCH3 is 1. The first-order chi connectivity index (χ1) is 19.8. The van der Waals surface area contributed by atoms with Gasteiger partial charge in [-0.05, 0) is 62.4 Å². The molecule has 0 aliphatic carbocycles. The Hall–Kier alpha value is -4.28. The second kappa shape index (κ2) is 12.5. The van der Waals surface area contributed by atoms with Gasteiger partial charge in [0.05, 0.1) is 18.9 Å². The molecule has 1 aromatic heterocycles. The molecule has 216 valence electrons. The number of amides is 1. The van der Waals surface area contributed by atoms with E-state index in [4.69, 9.17) is 14.5 Å². The summed E-state index contributed by atoms with van der Waals surface area (Å²) in [4.78, 5) is 23.5. The van der Waals surface area contributed by atoms with Crippen LogP contribution >= 0.6 is 0 Å². The number of carbonyl (C=O) groups excluding carboxylic acids is 1. The van der Waals surface area contributed by atoms with Gasteiger partial charge in [-0.2, -0.15) is 4.98 Å².